The summed E-state index contributed by atoms with van der Waals surface area (Å²) < 4.78 is 0. The summed E-state index contributed by atoms with van der Waals surface area (Å²) in [5, 5.41) is 16.5. The highest BCUT2D eigenvalue weighted by Gasteiger charge is 2.13. The molecule has 27 heavy (non-hydrogen) atoms. The van der Waals surface area contributed by atoms with E-state index in [2.05, 4.69) is 25.9 Å². The van der Waals surface area contributed by atoms with E-state index >= 15 is 0 Å². The van der Waals surface area contributed by atoms with Crippen LogP contribution in [0.5, 0.6) is 0 Å². The van der Waals surface area contributed by atoms with Gasteiger partial charge in [-0.2, -0.15) is 5.21 Å². The fourth-order valence-electron chi connectivity index (χ4n) is 2.65. The molecule has 0 bridgehead atoms. The Bertz CT molecular complexity index is 900. The quantitative estimate of drug-likeness (QED) is 0.700. The van der Waals surface area contributed by atoms with Gasteiger partial charge in [0.15, 0.2) is 0 Å². The second-order valence-electron chi connectivity index (χ2n) is 5.82. The summed E-state index contributed by atoms with van der Waals surface area (Å²) in [7, 11) is 0. The van der Waals surface area contributed by atoms with Crippen LogP contribution in [0.25, 0.3) is 11.4 Å². The predicted molar refractivity (Wildman–Crippen MR) is 101 cm³/mol. The van der Waals surface area contributed by atoms with Crippen molar-refractivity contribution in [2.24, 2.45) is 0 Å². The van der Waals surface area contributed by atoms with Crippen LogP contribution in [0, 0.1) is 0 Å². The number of nitrogens with one attached hydrogen (secondary N) is 2. The lowest BCUT2D eigenvalue weighted by Crippen LogP contribution is -2.30. The molecule has 1 heterocycles. The zero-order valence-electron chi connectivity index (χ0n) is 15.1. The minimum absolute atomic E-state index is 0.0186. The van der Waals surface area contributed by atoms with Gasteiger partial charge in [0, 0.05) is 35.5 Å². The fraction of sp³-hybridized carbons (Fsp3) is 0.211. The number of hydrogen-bond acceptors (Lipinski definition) is 5. The van der Waals surface area contributed by atoms with E-state index in [1.54, 1.807) is 53.4 Å². The van der Waals surface area contributed by atoms with Crippen molar-refractivity contribution in [3.8, 4) is 11.4 Å². The number of rotatable bonds is 6. The SMILES string of the molecule is CCN(CC)C(=O)c1ccc(NC(=O)c2ccc(-c3nn[nH]n3)cc2)cc1. The Balaban J connectivity index is 1.66. The molecule has 0 aliphatic carbocycles. The number of hydrogen-bond donors (Lipinski definition) is 2. The summed E-state index contributed by atoms with van der Waals surface area (Å²) >= 11 is 0. The molecule has 0 radical (unpaired) electrons. The van der Waals surface area contributed by atoms with Crippen LogP contribution in [0.15, 0.2) is 48.5 Å². The zero-order valence-corrected chi connectivity index (χ0v) is 15.1. The minimum atomic E-state index is -0.238. The minimum Gasteiger partial charge on any atom is -0.339 e. The molecule has 0 unspecified atom stereocenters. The van der Waals surface area contributed by atoms with Gasteiger partial charge in [-0.15, -0.1) is 10.2 Å². The zero-order chi connectivity index (χ0) is 19.2. The lowest BCUT2D eigenvalue weighted by atomic mass is 10.1. The van der Waals surface area contributed by atoms with E-state index in [1.807, 2.05) is 13.8 Å². The summed E-state index contributed by atoms with van der Waals surface area (Å²) in [6.07, 6.45) is 0. The molecule has 138 valence electrons. The maximum absolute atomic E-state index is 12.4. The van der Waals surface area contributed by atoms with Crippen molar-refractivity contribution < 1.29 is 9.59 Å². The van der Waals surface area contributed by atoms with Crippen molar-refractivity contribution >= 4 is 17.5 Å². The normalized spacial score (nSPS) is 10.4. The summed E-state index contributed by atoms with van der Waals surface area (Å²) in [6.45, 7) is 5.21. The van der Waals surface area contributed by atoms with Crippen molar-refractivity contribution in [3.05, 3.63) is 59.7 Å². The van der Waals surface area contributed by atoms with E-state index in [1.165, 1.54) is 0 Å². The van der Waals surface area contributed by atoms with Crippen LogP contribution in [0.3, 0.4) is 0 Å². The maximum Gasteiger partial charge on any atom is 0.255 e. The van der Waals surface area contributed by atoms with E-state index < -0.39 is 0 Å². The summed E-state index contributed by atoms with van der Waals surface area (Å²) in [5.41, 5.74) is 2.49. The van der Waals surface area contributed by atoms with E-state index in [4.69, 9.17) is 0 Å². The first-order valence-corrected chi connectivity index (χ1v) is 8.67. The van der Waals surface area contributed by atoms with Crippen molar-refractivity contribution in [2.45, 2.75) is 13.8 Å². The van der Waals surface area contributed by atoms with Gasteiger partial charge in [-0.25, -0.2) is 0 Å². The van der Waals surface area contributed by atoms with Crippen molar-refractivity contribution in [1.29, 1.82) is 0 Å². The summed E-state index contributed by atoms with van der Waals surface area (Å²) in [6, 6.07) is 13.8. The molecule has 3 rings (SSSR count). The van der Waals surface area contributed by atoms with Crippen LogP contribution >= 0.6 is 0 Å². The fourth-order valence-corrected chi connectivity index (χ4v) is 2.65. The Morgan fingerprint density at radius 1 is 0.963 bits per heavy atom. The van der Waals surface area contributed by atoms with Gasteiger partial charge < -0.3 is 10.2 Å². The van der Waals surface area contributed by atoms with Crippen molar-refractivity contribution in [1.82, 2.24) is 25.5 Å². The number of benzene rings is 2. The molecular weight excluding hydrogens is 344 g/mol. The van der Waals surface area contributed by atoms with Crippen molar-refractivity contribution in [2.75, 3.05) is 18.4 Å². The molecule has 0 saturated heterocycles. The lowest BCUT2D eigenvalue weighted by molar-refractivity contribution is 0.0773. The molecule has 0 aliphatic heterocycles. The predicted octanol–water partition coefficient (Wildman–Crippen LogP) is 2.60. The van der Waals surface area contributed by atoms with Gasteiger partial charge in [0.25, 0.3) is 11.8 Å². The number of H-pyrrole nitrogens is 1. The second kappa shape index (κ2) is 8.22. The molecule has 8 nitrogen and oxygen atoms in total. The second-order valence-corrected chi connectivity index (χ2v) is 5.82. The van der Waals surface area contributed by atoms with Crippen LogP contribution in [-0.4, -0.2) is 50.4 Å². The largest absolute Gasteiger partial charge is 0.339 e. The number of carbonyl (C=O) groups is 2. The number of amides is 2. The topological polar surface area (TPSA) is 104 Å². The van der Waals surface area contributed by atoms with Gasteiger partial charge in [0.05, 0.1) is 0 Å². The molecule has 2 N–H and O–H groups in total. The number of nitrogens with zero attached hydrogens (tertiary/aromatic N) is 4. The molecule has 0 atom stereocenters. The molecule has 8 heteroatoms. The Kier molecular flexibility index (Phi) is 5.55. The van der Waals surface area contributed by atoms with Crippen LogP contribution in [0.4, 0.5) is 5.69 Å². The first-order valence-electron chi connectivity index (χ1n) is 8.67. The van der Waals surface area contributed by atoms with E-state index in [0.717, 1.165) is 5.56 Å². The Morgan fingerprint density at radius 2 is 1.59 bits per heavy atom. The summed E-state index contributed by atoms with van der Waals surface area (Å²) in [5.74, 6) is 0.211. The smallest absolute Gasteiger partial charge is 0.255 e. The highest BCUT2D eigenvalue weighted by Crippen LogP contribution is 2.16. The van der Waals surface area contributed by atoms with Gasteiger partial charge in [0.2, 0.25) is 5.82 Å². The highest BCUT2D eigenvalue weighted by molar-refractivity contribution is 6.04. The average Bonchev–Trinajstić information content (AvgIpc) is 3.24. The van der Waals surface area contributed by atoms with Crippen LogP contribution in [-0.2, 0) is 0 Å². The van der Waals surface area contributed by atoms with Crippen LogP contribution < -0.4 is 5.32 Å². The molecule has 3 aromatic rings. The first kappa shape index (κ1) is 18.2. The monoisotopic (exact) mass is 364 g/mol. The number of aromatic amines is 1. The van der Waals surface area contributed by atoms with Gasteiger partial charge in [-0.05, 0) is 55.5 Å². The number of anilines is 1. The first-order chi connectivity index (χ1) is 13.1. The van der Waals surface area contributed by atoms with E-state index in [0.29, 0.717) is 35.7 Å². The van der Waals surface area contributed by atoms with Crippen LogP contribution in [0.2, 0.25) is 0 Å². The molecule has 0 spiro atoms. The van der Waals surface area contributed by atoms with Gasteiger partial charge in [0.1, 0.15) is 0 Å². The third-order valence-corrected chi connectivity index (χ3v) is 4.19. The molecule has 1 aromatic heterocycles. The molecule has 2 amide bonds. The van der Waals surface area contributed by atoms with Gasteiger partial charge in [-0.1, -0.05) is 12.1 Å². The summed E-state index contributed by atoms with van der Waals surface area (Å²) in [4.78, 5) is 26.5. The Labute approximate surface area is 156 Å². The van der Waals surface area contributed by atoms with Gasteiger partial charge in [-0.3, -0.25) is 9.59 Å². The Hall–Kier alpha value is -3.55. The standard InChI is InChI=1S/C19H20N6O2/c1-3-25(4-2)19(27)15-9-11-16(12-10-15)20-18(26)14-7-5-13(6-8-14)17-21-23-24-22-17/h5-12H,3-4H2,1-2H3,(H,20,26)(H,21,22,23,24). The Morgan fingerprint density at radius 3 is 2.15 bits per heavy atom. The number of aromatic nitrogens is 4. The highest BCUT2D eigenvalue weighted by atomic mass is 16.2. The third kappa shape index (κ3) is 4.17. The third-order valence-electron chi connectivity index (χ3n) is 4.19. The number of tetrazole rings is 1. The van der Waals surface area contributed by atoms with Gasteiger partial charge >= 0.3 is 0 Å². The number of carbonyl (C=O) groups excluding carboxylic acids is 2. The van der Waals surface area contributed by atoms with Crippen LogP contribution in [0.1, 0.15) is 34.6 Å². The molecule has 0 fully saturated rings. The van der Waals surface area contributed by atoms with Crippen molar-refractivity contribution in [3.63, 3.8) is 0 Å². The molecule has 0 saturated carbocycles. The molecular formula is C19H20N6O2. The average molecular weight is 364 g/mol. The molecule has 0 aliphatic rings. The van der Waals surface area contributed by atoms with E-state index in [-0.39, 0.29) is 11.8 Å². The maximum atomic E-state index is 12.4. The van der Waals surface area contributed by atoms with E-state index in [9.17, 15) is 9.59 Å². The lowest BCUT2D eigenvalue weighted by Gasteiger charge is -2.18. The molecule has 2 aromatic carbocycles.